The summed E-state index contributed by atoms with van der Waals surface area (Å²) in [6, 6.07) is -1.83. The number of aliphatic hydroxyl groups is 1. The predicted molar refractivity (Wildman–Crippen MR) is 135 cm³/mol. The molecule has 4 N–H and O–H groups in total. The first kappa shape index (κ1) is 31.4. The molecule has 0 saturated heterocycles. The summed E-state index contributed by atoms with van der Waals surface area (Å²) in [6.07, 6.45) is 4.96. The Labute approximate surface area is 202 Å². The van der Waals surface area contributed by atoms with Crippen LogP contribution >= 0.6 is 0 Å². The molecular weight excluding hydrogens is 418 g/mol. The Kier molecular flexibility index (Phi) is 15.3. The van der Waals surface area contributed by atoms with E-state index in [4.69, 9.17) is 0 Å². The largest absolute Gasteiger partial charge is 0.391 e. The number of aliphatic hydroxyl groups excluding tert-OH is 1. The number of carbonyl (C=O) groups excluding carboxylic acids is 3. The molecule has 0 aliphatic rings. The highest BCUT2D eigenvalue weighted by Crippen LogP contribution is 2.16. The minimum Gasteiger partial charge on any atom is -0.391 e. The fourth-order valence-corrected chi connectivity index (χ4v) is 3.71. The molecule has 2 unspecified atom stereocenters. The molecule has 7 heteroatoms. The molecule has 0 aromatic rings. The van der Waals surface area contributed by atoms with Gasteiger partial charge in [0.15, 0.2) is 0 Å². The Balaban J connectivity index is 5.34. The molecule has 0 aromatic carbocycles. The van der Waals surface area contributed by atoms with Crippen LogP contribution in [-0.2, 0) is 14.4 Å². The number of carbonyl (C=O) groups is 3. The fraction of sp³-hybridized carbons (Fsp3) is 0.885. The number of rotatable bonds is 16. The Morgan fingerprint density at radius 3 is 1.61 bits per heavy atom. The van der Waals surface area contributed by atoms with Gasteiger partial charge < -0.3 is 21.1 Å². The van der Waals surface area contributed by atoms with Crippen LogP contribution in [0.3, 0.4) is 0 Å². The van der Waals surface area contributed by atoms with E-state index >= 15 is 0 Å². The number of amides is 3. The zero-order valence-corrected chi connectivity index (χ0v) is 22.5. The second-order valence-electron chi connectivity index (χ2n) is 10.8. The second-order valence-corrected chi connectivity index (χ2v) is 10.8. The molecule has 0 bridgehead atoms. The first-order valence-electron chi connectivity index (χ1n) is 12.9. The smallest absolute Gasteiger partial charge is 0.243 e. The van der Waals surface area contributed by atoms with Gasteiger partial charge in [-0.05, 0) is 30.6 Å². The van der Waals surface area contributed by atoms with Gasteiger partial charge in [-0.1, -0.05) is 88.0 Å². The summed E-state index contributed by atoms with van der Waals surface area (Å²) in [4.78, 5) is 38.4. The Morgan fingerprint density at radius 1 is 0.697 bits per heavy atom. The van der Waals surface area contributed by atoms with E-state index in [0.29, 0.717) is 18.8 Å². The molecule has 3 amide bonds. The number of hydrogen-bond acceptors (Lipinski definition) is 4. The molecule has 4 atom stereocenters. The van der Waals surface area contributed by atoms with Crippen molar-refractivity contribution in [2.24, 2.45) is 23.7 Å². The van der Waals surface area contributed by atoms with Crippen LogP contribution in [0.15, 0.2) is 0 Å². The van der Waals surface area contributed by atoms with Gasteiger partial charge in [-0.3, -0.25) is 14.4 Å². The molecule has 0 radical (unpaired) electrons. The molecule has 0 spiro atoms. The highest BCUT2D eigenvalue weighted by atomic mass is 16.3. The lowest BCUT2D eigenvalue weighted by molar-refractivity contribution is -0.134. The van der Waals surface area contributed by atoms with Gasteiger partial charge in [-0.2, -0.15) is 0 Å². The van der Waals surface area contributed by atoms with Gasteiger partial charge in [-0.15, -0.1) is 0 Å². The standard InChI is InChI=1S/C26H51N3O4/c1-10-11-12-13-14-21(30)20(15-16(2)3)27-25(32)22(17(4)5)29-26(33)23(18(6)7)28-24(31)19(8)9/h16-23,30H,10-15H2,1-9H3,(H,27,32)(H,28,31)(H,29,33)/t20?,21?,22-,23-/m0/s1. The van der Waals surface area contributed by atoms with Crippen LogP contribution in [0.5, 0.6) is 0 Å². The van der Waals surface area contributed by atoms with Gasteiger partial charge in [-0.25, -0.2) is 0 Å². The van der Waals surface area contributed by atoms with E-state index in [1.54, 1.807) is 13.8 Å². The zero-order chi connectivity index (χ0) is 25.7. The summed E-state index contributed by atoms with van der Waals surface area (Å²) in [7, 11) is 0. The summed E-state index contributed by atoms with van der Waals surface area (Å²) < 4.78 is 0. The van der Waals surface area contributed by atoms with Gasteiger partial charge in [0.2, 0.25) is 17.7 Å². The van der Waals surface area contributed by atoms with Crippen molar-refractivity contribution in [3.8, 4) is 0 Å². The molecule has 0 fully saturated rings. The predicted octanol–water partition coefficient (Wildman–Crippen LogP) is 3.79. The van der Waals surface area contributed by atoms with Crippen LogP contribution in [-0.4, -0.2) is 47.1 Å². The summed E-state index contributed by atoms with van der Waals surface area (Å²) in [5.74, 6) is -1.06. The van der Waals surface area contributed by atoms with Crippen molar-refractivity contribution < 1.29 is 19.5 Å². The van der Waals surface area contributed by atoms with Gasteiger partial charge in [0, 0.05) is 5.92 Å². The van der Waals surface area contributed by atoms with Crippen LogP contribution in [0.1, 0.15) is 101 Å². The molecule has 0 aliphatic heterocycles. The third kappa shape index (κ3) is 12.4. The maximum Gasteiger partial charge on any atom is 0.243 e. The van der Waals surface area contributed by atoms with Gasteiger partial charge in [0.05, 0.1) is 12.1 Å². The van der Waals surface area contributed by atoms with Crippen LogP contribution in [0.2, 0.25) is 0 Å². The van der Waals surface area contributed by atoms with E-state index in [-0.39, 0.29) is 41.5 Å². The molecule has 0 aromatic heterocycles. The van der Waals surface area contributed by atoms with E-state index in [0.717, 1.165) is 25.7 Å². The minimum absolute atomic E-state index is 0.123. The topological polar surface area (TPSA) is 108 Å². The summed E-state index contributed by atoms with van der Waals surface area (Å²) in [5.41, 5.74) is 0. The molecule has 7 nitrogen and oxygen atoms in total. The Morgan fingerprint density at radius 2 is 1.18 bits per heavy atom. The van der Waals surface area contributed by atoms with E-state index < -0.39 is 18.2 Å². The maximum absolute atomic E-state index is 13.2. The average Bonchev–Trinajstić information content (AvgIpc) is 2.71. The van der Waals surface area contributed by atoms with E-state index in [1.807, 2.05) is 27.7 Å². The lowest BCUT2D eigenvalue weighted by atomic mass is 9.94. The monoisotopic (exact) mass is 469 g/mol. The van der Waals surface area contributed by atoms with Crippen molar-refractivity contribution in [1.29, 1.82) is 0 Å². The quantitative estimate of drug-likeness (QED) is 0.258. The summed E-state index contributed by atoms with van der Waals surface area (Å²) >= 11 is 0. The van der Waals surface area contributed by atoms with Crippen LogP contribution < -0.4 is 16.0 Å². The van der Waals surface area contributed by atoms with E-state index in [9.17, 15) is 19.5 Å². The van der Waals surface area contributed by atoms with Crippen molar-refractivity contribution in [3.05, 3.63) is 0 Å². The fourth-order valence-electron chi connectivity index (χ4n) is 3.71. The zero-order valence-electron chi connectivity index (χ0n) is 22.5. The number of nitrogens with one attached hydrogen (secondary N) is 3. The van der Waals surface area contributed by atoms with Crippen molar-refractivity contribution in [2.75, 3.05) is 0 Å². The van der Waals surface area contributed by atoms with Crippen molar-refractivity contribution in [2.45, 2.75) is 125 Å². The first-order valence-corrected chi connectivity index (χ1v) is 12.9. The minimum atomic E-state index is -0.753. The van der Waals surface area contributed by atoms with Gasteiger partial charge >= 0.3 is 0 Å². The lowest BCUT2D eigenvalue weighted by Gasteiger charge is -2.31. The molecule has 33 heavy (non-hydrogen) atoms. The lowest BCUT2D eigenvalue weighted by Crippen LogP contribution is -2.59. The van der Waals surface area contributed by atoms with Crippen LogP contribution in [0, 0.1) is 23.7 Å². The van der Waals surface area contributed by atoms with Crippen LogP contribution in [0.4, 0.5) is 0 Å². The molecule has 0 aliphatic carbocycles. The van der Waals surface area contributed by atoms with E-state index in [1.165, 1.54) is 0 Å². The molecule has 0 heterocycles. The Hall–Kier alpha value is -1.63. The summed E-state index contributed by atoms with van der Waals surface area (Å²) in [6.45, 7) is 17.3. The third-order valence-corrected chi connectivity index (χ3v) is 5.89. The van der Waals surface area contributed by atoms with Crippen molar-refractivity contribution in [3.63, 3.8) is 0 Å². The van der Waals surface area contributed by atoms with Crippen molar-refractivity contribution >= 4 is 17.7 Å². The number of unbranched alkanes of at least 4 members (excludes halogenated alkanes) is 3. The van der Waals surface area contributed by atoms with Gasteiger partial charge in [0.25, 0.3) is 0 Å². The highest BCUT2D eigenvalue weighted by Gasteiger charge is 2.32. The molecular formula is C26H51N3O4. The van der Waals surface area contributed by atoms with Crippen molar-refractivity contribution in [1.82, 2.24) is 16.0 Å². The third-order valence-electron chi connectivity index (χ3n) is 5.89. The van der Waals surface area contributed by atoms with E-state index in [2.05, 4.69) is 36.7 Å². The normalized spacial score (nSPS) is 15.5. The molecule has 194 valence electrons. The molecule has 0 saturated carbocycles. The van der Waals surface area contributed by atoms with Gasteiger partial charge in [0.1, 0.15) is 12.1 Å². The maximum atomic E-state index is 13.2. The number of hydrogen-bond donors (Lipinski definition) is 4. The molecule has 0 rings (SSSR count). The SMILES string of the molecule is CCCCCCC(O)C(CC(C)C)NC(=O)[C@@H](NC(=O)[C@@H](NC(=O)C(C)C)C(C)C)C(C)C. The second kappa shape index (κ2) is 16.1. The van der Waals surface area contributed by atoms with Crippen LogP contribution in [0.25, 0.3) is 0 Å². The Bertz CT molecular complexity index is 590. The average molecular weight is 470 g/mol. The first-order chi connectivity index (χ1) is 15.3. The summed E-state index contributed by atoms with van der Waals surface area (Å²) in [5, 5.41) is 19.4. The highest BCUT2D eigenvalue weighted by molar-refractivity contribution is 5.92.